The van der Waals surface area contributed by atoms with Gasteiger partial charge < -0.3 is 9.88 Å². The van der Waals surface area contributed by atoms with Gasteiger partial charge in [-0.3, -0.25) is 0 Å². The molecule has 0 atom stereocenters. The van der Waals surface area contributed by atoms with Crippen LogP contribution in [0.25, 0.3) is 0 Å². The number of hydrogen-bond acceptors (Lipinski definition) is 4. The molecule has 0 aromatic carbocycles. The third-order valence-electron chi connectivity index (χ3n) is 1.86. The number of aryl methyl sites for hydroxylation is 1. The number of nitrogens with one attached hydrogen (secondary N) is 1. The molecule has 0 aliphatic rings. The first-order chi connectivity index (χ1) is 6.77. The fraction of sp³-hybridized carbons (Fsp3) is 0.250. The number of aromatic nitrogens is 3. The zero-order valence-electron chi connectivity index (χ0n) is 7.57. The van der Waals surface area contributed by atoms with Gasteiger partial charge >= 0.3 is 0 Å². The molecule has 0 saturated carbocycles. The minimum atomic E-state index is 0.632. The van der Waals surface area contributed by atoms with Gasteiger partial charge in [0.25, 0.3) is 0 Å². The summed E-state index contributed by atoms with van der Waals surface area (Å²) in [7, 11) is 1.91. The maximum absolute atomic E-state index is 5.93. The second-order valence-corrected chi connectivity index (χ2v) is 4.34. The third kappa shape index (κ3) is 1.88. The van der Waals surface area contributed by atoms with E-state index in [0.29, 0.717) is 6.54 Å². The molecule has 0 bridgehead atoms. The van der Waals surface area contributed by atoms with Crippen LogP contribution in [0.15, 0.2) is 17.8 Å². The molecule has 0 amide bonds. The number of rotatable bonds is 3. The molecule has 2 rings (SSSR count). The molecule has 0 unspecified atom stereocenters. The van der Waals surface area contributed by atoms with Gasteiger partial charge in [0.1, 0.15) is 10.7 Å². The lowest BCUT2D eigenvalue weighted by Gasteiger charge is -2.03. The first-order valence-electron chi connectivity index (χ1n) is 4.07. The number of halogens is 1. The van der Waals surface area contributed by atoms with E-state index in [1.54, 1.807) is 6.33 Å². The van der Waals surface area contributed by atoms with Crippen LogP contribution in [0.3, 0.4) is 0 Å². The summed E-state index contributed by atoms with van der Waals surface area (Å²) in [6.45, 7) is 0.632. The van der Waals surface area contributed by atoms with Crippen LogP contribution in [0.1, 0.15) is 5.82 Å². The lowest BCUT2D eigenvalue weighted by atomic mass is 10.5. The highest BCUT2D eigenvalue weighted by Crippen LogP contribution is 2.27. The van der Waals surface area contributed by atoms with Crippen molar-refractivity contribution in [2.75, 3.05) is 5.32 Å². The maximum atomic E-state index is 5.93. The summed E-state index contributed by atoms with van der Waals surface area (Å²) in [6, 6.07) is 1.95. The topological polar surface area (TPSA) is 42.7 Å². The Labute approximate surface area is 90.5 Å². The van der Waals surface area contributed by atoms with Crippen molar-refractivity contribution >= 4 is 28.6 Å². The lowest BCUT2D eigenvalue weighted by molar-refractivity contribution is 0.812. The molecular formula is C8H9ClN4S. The van der Waals surface area contributed by atoms with E-state index in [1.807, 2.05) is 23.1 Å². The van der Waals surface area contributed by atoms with E-state index < -0.39 is 0 Å². The molecule has 2 aromatic heterocycles. The van der Waals surface area contributed by atoms with Gasteiger partial charge in [-0.2, -0.15) is 0 Å². The van der Waals surface area contributed by atoms with E-state index in [1.165, 1.54) is 11.3 Å². The molecule has 74 valence electrons. The first-order valence-corrected chi connectivity index (χ1v) is 5.33. The fourth-order valence-electron chi connectivity index (χ4n) is 1.06. The van der Waals surface area contributed by atoms with Crippen LogP contribution in [0.5, 0.6) is 0 Å². The van der Waals surface area contributed by atoms with Crippen molar-refractivity contribution in [3.8, 4) is 0 Å². The molecular weight excluding hydrogens is 220 g/mol. The Bertz CT molecular complexity index is 382. The van der Waals surface area contributed by atoms with Crippen molar-refractivity contribution in [2.45, 2.75) is 6.54 Å². The van der Waals surface area contributed by atoms with Gasteiger partial charge in [0.05, 0.1) is 12.2 Å². The summed E-state index contributed by atoms with van der Waals surface area (Å²) in [5.74, 6) is 0.882. The van der Waals surface area contributed by atoms with Crippen LogP contribution in [0, 0.1) is 0 Å². The Morgan fingerprint density at radius 3 is 3.07 bits per heavy atom. The number of thiophene rings is 1. The van der Waals surface area contributed by atoms with Gasteiger partial charge in [0, 0.05) is 7.05 Å². The molecule has 6 heteroatoms. The second kappa shape index (κ2) is 3.98. The SMILES string of the molecule is Cn1cnnc1CNc1ccsc1Cl. The van der Waals surface area contributed by atoms with Gasteiger partial charge in [0.2, 0.25) is 0 Å². The summed E-state index contributed by atoms with van der Waals surface area (Å²) >= 11 is 7.44. The van der Waals surface area contributed by atoms with Crippen molar-refractivity contribution in [1.29, 1.82) is 0 Å². The Kier molecular flexibility index (Phi) is 2.69. The standard InChI is InChI=1S/C8H9ClN4S/c1-13-5-11-12-7(13)4-10-6-2-3-14-8(6)9/h2-3,5,10H,4H2,1H3. The van der Waals surface area contributed by atoms with Crippen LogP contribution in [0.2, 0.25) is 4.34 Å². The average molecular weight is 229 g/mol. The van der Waals surface area contributed by atoms with Crippen molar-refractivity contribution in [2.24, 2.45) is 7.05 Å². The Morgan fingerprint density at radius 2 is 2.50 bits per heavy atom. The molecule has 0 radical (unpaired) electrons. The number of anilines is 1. The molecule has 2 heterocycles. The highest BCUT2D eigenvalue weighted by Gasteiger charge is 2.03. The van der Waals surface area contributed by atoms with Crippen LogP contribution in [-0.2, 0) is 13.6 Å². The Morgan fingerprint density at radius 1 is 1.64 bits per heavy atom. The maximum Gasteiger partial charge on any atom is 0.151 e. The molecule has 4 nitrogen and oxygen atoms in total. The highest BCUT2D eigenvalue weighted by molar-refractivity contribution is 7.15. The highest BCUT2D eigenvalue weighted by atomic mass is 35.5. The number of hydrogen-bond donors (Lipinski definition) is 1. The average Bonchev–Trinajstić information content (AvgIpc) is 2.72. The van der Waals surface area contributed by atoms with Crippen molar-refractivity contribution in [1.82, 2.24) is 14.8 Å². The first kappa shape index (κ1) is 9.48. The summed E-state index contributed by atoms with van der Waals surface area (Å²) in [6.07, 6.45) is 1.67. The van der Waals surface area contributed by atoms with E-state index in [-0.39, 0.29) is 0 Å². The molecule has 0 fully saturated rings. The van der Waals surface area contributed by atoms with Crippen molar-refractivity contribution in [3.05, 3.63) is 27.9 Å². The molecule has 0 aliphatic carbocycles. The van der Waals surface area contributed by atoms with Gasteiger partial charge in [-0.1, -0.05) is 11.6 Å². The fourth-order valence-corrected chi connectivity index (χ4v) is 1.94. The minimum Gasteiger partial charge on any atom is -0.376 e. The van der Waals surface area contributed by atoms with Crippen LogP contribution in [0.4, 0.5) is 5.69 Å². The molecule has 2 aromatic rings. The predicted molar refractivity (Wildman–Crippen MR) is 57.7 cm³/mol. The smallest absolute Gasteiger partial charge is 0.151 e. The van der Waals surface area contributed by atoms with Crippen molar-refractivity contribution < 1.29 is 0 Å². The Balaban J connectivity index is 2.02. The van der Waals surface area contributed by atoms with Crippen LogP contribution >= 0.6 is 22.9 Å². The van der Waals surface area contributed by atoms with E-state index >= 15 is 0 Å². The largest absolute Gasteiger partial charge is 0.376 e. The molecule has 14 heavy (non-hydrogen) atoms. The second-order valence-electron chi connectivity index (χ2n) is 2.82. The van der Waals surface area contributed by atoms with Gasteiger partial charge in [0.15, 0.2) is 5.82 Å². The summed E-state index contributed by atoms with van der Waals surface area (Å²) in [5.41, 5.74) is 0.944. The van der Waals surface area contributed by atoms with E-state index in [0.717, 1.165) is 15.8 Å². The van der Waals surface area contributed by atoms with E-state index in [2.05, 4.69) is 15.5 Å². The summed E-state index contributed by atoms with van der Waals surface area (Å²) in [5, 5.41) is 12.9. The van der Waals surface area contributed by atoms with Crippen molar-refractivity contribution in [3.63, 3.8) is 0 Å². The van der Waals surface area contributed by atoms with Gasteiger partial charge in [-0.25, -0.2) is 0 Å². The van der Waals surface area contributed by atoms with E-state index in [4.69, 9.17) is 11.6 Å². The predicted octanol–water partition coefficient (Wildman–Crippen LogP) is 2.14. The quantitative estimate of drug-likeness (QED) is 0.876. The summed E-state index contributed by atoms with van der Waals surface area (Å²) < 4.78 is 2.64. The van der Waals surface area contributed by atoms with Crippen LogP contribution < -0.4 is 5.32 Å². The monoisotopic (exact) mass is 228 g/mol. The van der Waals surface area contributed by atoms with E-state index in [9.17, 15) is 0 Å². The molecule has 0 saturated heterocycles. The molecule has 0 spiro atoms. The lowest BCUT2D eigenvalue weighted by Crippen LogP contribution is -2.05. The zero-order valence-corrected chi connectivity index (χ0v) is 9.14. The van der Waals surface area contributed by atoms with Gasteiger partial charge in [-0.05, 0) is 11.4 Å². The van der Waals surface area contributed by atoms with Crippen LogP contribution in [-0.4, -0.2) is 14.8 Å². The number of nitrogens with zero attached hydrogens (tertiary/aromatic N) is 3. The molecule has 1 N–H and O–H groups in total. The minimum absolute atomic E-state index is 0.632. The third-order valence-corrected chi connectivity index (χ3v) is 3.03. The summed E-state index contributed by atoms with van der Waals surface area (Å²) in [4.78, 5) is 0. The molecule has 0 aliphatic heterocycles. The normalized spacial score (nSPS) is 10.4. The Hall–Kier alpha value is -1.07. The zero-order chi connectivity index (χ0) is 9.97. The van der Waals surface area contributed by atoms with Gasteiger partial charge in [-0.15, -0.1) is 21.5 Å².